The Morgan fingerprint density at radius 3 is 2.84 bits per heavy atom. The molecule has 1 N–H and O–H groups in total. The van der Waals surface area contributed by atoms with E-state index >= 15 is 0 Å². The molecule has 4 heteroatoms. The first-order valence-electron chi connectivity index (χ1n) is 7.15. The number of aromatic nitrogens is 2. The summed E-state index contributed by atoms with van der Waals surface area (Å²) in [6.45, 7) is 8.76. The van der Waals surface area contributed by atoms with Crippen LogP contribution < -0.4 is 10.2 Å². The number of hydrogen-bond donors (Lipinski definition) is 1. The van der Waals surface area contributed by atoms with Crippen LogP contribution in [0.2, 0.25) is 0 Å². The van der Waals surface area contributed by atoms with Gasteiger partial charge in [0.2, 0.25) is 0 Å². The zero-order chi connectivity index (χ0) is 13.2. The van der Waals surface area contributed by atoms with E-state index in [0.29, 0.717) is 5.92 Å². The lowest BCUT2D eigenvalue weighted by atomic mass is 10.1. The van der Waals surface area contributed by atoms with Gasteiger partial charge in [0.05, 0.1) is 5.69 Å². The Labute approximate surface area is 114 Å². The summed E-state index contributed by atoms with van der Waals surface area (Å²) < 4.78 is 2.13. The largest absolute Gasteiger partial charge is 0.369 e. The van der Waals surface area contributed by atoms with E-state index in [4.69, 9.17) is 4.98 Å². The van der Waals surface area contributed by atoms with Crippen LogP contribution in [0.3, 0.4) is 0 Å². The third kappa shape index (κ3) is 2.73. The Hall–Kier alpha value is -1.55. The fourth-order valence-corrected chi connectivity index (χ4v) is 2.66. The zero-order valence-electron chi connectivity index (χ0n) is 11.8. The van der Waals surface area contributed by atoms with E-state index in [1.807, 2.05) is 0 Å². The Balaban J connectivity index is 1.87. The van der Waals surface area contributed by atoms with Crippen LogP contribution in [0.15, 0.2) is 24.5 Å². The normalized spacial score (nSPS) is 16.5. The van der Waals surface area contributed by atoms with Gasteiger partial charge in [-0.3, -0.25) is 0 Å². The predicted molar refractivity (Wildman–Crippen MR) is 78.8 cm³/mol. The minimum atomic E-state index is 0.651. The van der Waals surface area contributed by atoms with Crippen LogP contribution in [-0.4, -0.2) is 35.6 Å². The average molecular weight is 258 g/mol. The van der Waals surface area contributed by atoms with Gasteiger partial charge in [0.15, 0.2) is 0 Å². The van der Waals surface area contributed by atoms with Crippen LogP contribution in [0.1, 0.15) is 19.5 Å². The fraction of sp³-hybridized carbons (Fsp3) is 0.533. The molecule has 0 aliphatic carbocycles. The molecule has 0 spiro atoms. The quantitative estimate of drug-likeness (QED) is 0.913. The SMILES string of the molecule is CC(C)Cc1cn2ccc(N3CCNCC3)cc2n1. The third-order valence-corrected chi connectivity index (χ3v) is 3.59. The second kappa shape index (κ2) is 5.21. The zero-order valence-corrected chi connectivity index (χ0v) is 11.8. The van der Waals surface area contributed by atoms with Crippen LogP contribution >= 0.6 is 0 Å². The van der Waals surface area contributed by atoms with Gasteiger partial charge in [0, 0.05) is 50.3 Å². The van der Waals surface area contributed by atoms with E-state index in [2.05, 4.69) is 53.0 Å². The summed E-state index contributed by atoms with van der Waals surface area (Å²) >= 11 is 0. The van der Waals surface area contributed by atoms with Crippen molar-refractivity contribution in [3.8, 4) is 0 Å². The summed E-state index contributed by atoms with van der Waals surface area (Å²) in [7, 11) is 0. The van der Waals surface area contributed by atoms with E-state index in [0.717, 1.165) is 38.2 Å². The second-order valence-electron chi connectivity index (χ2n) is 5.72. The van der Waals surface area contributed by atoms with Crippen LogP contribution in [0.25, 0.3) is 5.65 Å². The van der Waals surface area contributed by atoms with Crippen LogP contribution in [0, 0.1) is 5.92 Å². The molecule has 0 radical (unpaired) electrons. The van der Waals surface area contributed by atoms with Gasteiger partial charge in [0.25, 0.3) is 0 Å². The van der Waals surface area contributed by atoms with Gasteiger partial charge >= 0.3 is 0 Å². The average Bonchev–Trinajstić information content (AvgIpc) is 2.79. The van der Waals surface area contributed by atoms with E-state index in [-0.39, 0.29) is 0 Å². The molecule has 0 amide bonds. The lowest BCUT2D eigenvalue weighted by Gasteiger charge is -2.29. The molecule has 1 aliphatic rings. The Morgan fingerprint density at radius 2 is 2.11 bits per heavy atom. The van der Waals surface area contributed by atoms with Crippen molar-refractivity contribution in [2.75, 3.05) is 31.1 Å². The summed E-state index contributed by atoms with van der Waals surface area (Å²) in [5.41, 5.74) is 3.54. The summed E-state index contributed by atoms with van der Waals surface area (Å²) in [5.74, 6) is 0.651. The lowest BCUT2D eigenvalue weighted by molar-refractivity contribution is 0.589. The van der Waals surface area contributed by atoms with Crippen molar-refractivity contribution in [2.45, 2.75) is 20.3 Å². The van der Waals surface area contributed by atoms with Crippen LogP contribution in [0.5, 0.6) is 0 Å². The topological polar surface area (TPSA) is 32.6 Å². The Bertz CT molecular complexity index is 552. The summed E-state index contributed by atoms with van der Waals surface area (Å²) in [6.07, 6.45) is 5.32. The van der Waals surface area contributed by atoms with E-state index in [1.54, 1.807) is 0 Å². The van der Waals surface area contributed by atoms with Crippen molar-refractivity contribution in [3.63, 3.8) is 0 Å². The number of nitrogens with one attached hydrogen (secondary N) is 1. The molecule has 1 saturated heterocycles. The molecule has 2 aromatic heterocycles. The highest BCUT2D eigenvalue weighted by Crippen LogP contribution is 2.18. The number of nitrogens with zero attached hydrogens (tertiary/aromatic N) is 3. The second-order valence-corrected chi connectivity index (χ2v) is 5.72. The van der Waals surface area contributed by atoms with Crippen molar-refractivity contribution >= 4 is 11.3 Å². The first-order valence-corrected chi connectivity index (χ1v) is 7.15. The number of anilines is 1. The van der Waals surface area contributed by atoms with Gasteiger partial charge in [-0.2, -0.15) is 0 Å². The maximum Gasteiger partial charge on any atom is 0.139 e. The van der Waals surface area contributed by atoms with E-state index in [1.165, 1.54) is 11.4 Å². The molecule has 3 rings (SSSR count). The summed E-state index contributed by atoms with van der Waals surface area (Å²) in [5, 5.41) is 3.38. The highest BCUT2D eigenvalue weighted by Gasteiger charge is 2.11. The molecule has 1 fully saturated rings. The molecule has 0 bridgehead atoms. The van der Waals surface area contributed by atoms with Gasteiger partial charge in [-0.1, -0.05) is 13.8 Å². The first-order chi connectivity index (χ1) is 9.22. The van der Waals surface area contributed by atoms with Crippen molar-refractivity contribution < 1.29 is 0 Å². The molecule has 0 atom stereocenters. The number of piperazine rings is 1. The number of hydrogen-bond acceptors (Lipinski definition) is 3. The van der Waals surface area contributed by atoms with Gasteiger partial charge in [-0.05, 0) is 18.4 Å². The number of pyridine rings is 1. The molecule has 1 aliphatic heterocycles. The third-order valence-electron chi connectivity index (χ3n) is 3.59. The standard InChI is InChI=1S/C15H22N4/c1-12(2)9-13-11-19-6-3-14(10-15(19)17-13)18-7-4-16-5-8-18/h3,6,10-12,16H,4-5,7-9H2,1-2H3. The lowest BCUT2D eigenvalue weighted by Crippen LogP contribution is -2.43. The number of fused-ring (bicyclic) bond motifs is 1. The van der Waals surface area contributed by atoms with E-state index in [9.17, 15) is 0 Å². The van der Waals surface area contributed by atoms with Gasteiger partial charge < -0.3 is 14.6 Å². The highest BCUT2D eigenvalue weighted by atomic mass is 15.2. The van der Waals surface area contributed by atoms with Crippen molar-refractivity contribution in [3.05, 3.63) is 30.2 Å². The maximum atomic E-state index is 4.73. The van der Waals surface area contributed by atoms with Crippen molar-refractivity contribution in [1.82, 2.24) is 14.7 Å². The van der Waals surface area contributed by atoms with Gasteiger partial charge in [0.1, 0.15) is 5.65 Å². The fourth-order valence-electron chi connectivity index (χ4n) is 2.66. The van der Waals surface area contributed by atoms with Crippen LogP contribution in [-0.2, 0) is 6.42 Å². The molecular weight excluding hydrogens is 236 g/mol. The first kappa shape index (κ1) is 12.5. The smallest absolute Gasteiger partial charge is 0.139 e. The molecule has 0 unspecified atom stereocenters. The molecular formula is C15H22N4. The highest BCUT2D eigenvalue weighted by molar-refractivity contribution is 5.57. The molecule has 4 nitrogen and oxygen atoms in total. The maximum absolute atomic E-state index is 4.73. The summed E-state index contributed by atoms with van der Waals surface area (Å²) in [6, 6.07) is 4.40. The van der Waals surface area contributed by atoms with Crippen molar-refractivity contribution in [2.24, 2.45) is 5.92 Å². The minimum Gasteiger partial charge on any atom is -0.369 e. The molecule has 102 valence electrons. The molecule has 0 saturated carbocycles. The minimum absolute atomic E-state index is 0.651. The molecule has 19 heavy (non-hydrogen) atoms. The van der Waals surface area contributed by atoms with Crippen LogP contribution in [0.4, 0.5) is 5.69 Å². The van der Waals surface area contributed by atoms with Gasteiger partial charge in [-0.25, -0.2) is 4.98 Å². The van der Waals surface area contributed by atoms with Crippen molar-refractivity contribution in [1.29, 1.82) is 0 Å². The van der Waals surface area contributed by atoms with Gasteiger partial charge in [-0.15, -0.1) is 0 Å². The predicted octanol–water partition coefficient (Wildman–Crippen LogP) is 1.94. The summed E-state index contributed by atoms with van der Waals surface area (Å²) in [4.78, 5) is 7.15. The Kier molecular flexibility index (Phi) is 3.42. The van der Waals surface area contributed by atoms with E-state index < -0.39 is 0 Å². The monoisotopic (exact) mass is 258 g/mol. The molecule has 0 aromatic carbocycles. The molecule has 3 heterocycles. The number of imidazole rings is 1. The molecule has 2 aromatic rings. The Morgan fingerprint density at radius 1 is 1.32 bits per heavy atom. The number of rotatable bonds is 3.